The zero-order valence-corrected chi connectivity index (χ0v) is 15.1. The number of piperidine rings is 3. The van der Waals surface area contributed by atoms with E-state index < -0.39 is 6.10 Å². The summed E-state index contributed by atoms with van der Waals surface area (Å²) in [5.74, 6) is 1.29. The van der Waals surface area contributed by atoms with E-state index in [0.29, 0.717) is 11.7 Å². The number of hydrogen-bond acceptors (Lipinski definition) is 5. The van der Waals surface area contributed by atoms with Crippen molar-refractivity contribution >= 4 is 10.9 Å². The molecule has 0 radical (unpaired) electrons. The zero-order valence-electron chi connectivity index (χ0n) is 15.1. The van der Waals surface area contributed by atoms with Gasteiger partial charge < -0.3 is 14.9 Å². The Balaban J connectivity index is 1.65. The number of rotatable bonds is 5. The van der Waals surface area contributed by atoms with Crippen molar-refractivity contribution in [1.82, 2.24) is 9.88 Å². The summed E-state index contributed by atoms with van der Waals surface area (Å²) < 4.78 is 5.54. The molecule has 0 spiro atoms. The molecule has 5 heteroatoms. The van der Waals surface area contributed by atoms with Crippen molar-refractivity contribution in [3.05, 3.63) is 47.7 Å². The fourth-order valence-corrected chi connectivity index (χ4v) is 4.46. The molecule has 138 valence electrons. The summed E-state index contributed by atoms with van der Waals surface area (Å²) in [6.07, 6.45) is 5.66. The van der Waals surface area contributed by atoms with Gasteiger partial charge in [0.2, 0.25) is 0 Å². The van der Waals surface area contributed by atoms with Crippen LogP contribution >= 0.6 is 0 Å². The Labute approximate surface area is 153 Å². The number of pyridine rings is 1. The molecule has 3 aliphatic heterocycles. The molecule has 4 heterocycles. The lowest BCUT2D eigenvalue weighted by Crippen LogP contribution is -2.52. The average Bonchev–Trinajstić information content (AvgIpc) is 2.71. The topological polar surface area (TPSA) is 65.8 Å². The summed E-state index contributed by atoms with van der Waals surface area (Å²) in [6, 6.07) is 7.74. The maximum Gasteiger partial charge on any atom is 0.120 e. The highest BCUT2D eigenvalue weighted by Gasteiger charge is 2.40. The van der Waals surface area contributed by atoms with Crippen molar-refractivity contribution in [2.75, 3.05) is 26.3 Å². The molecule has 3 aliphatic rings. The Kier molecular flexibility index (Phi) is 4.94. The lowest BCUT2D eigenvalue weighted by atomic mass is 9.76. The van der Waals surface area contributed by atoms with E-state index in [1.54, 1.807) is 6.20 Å². The maximum absolute atomic E-state index is 11.2. The van der Waals surface area contributed by atoms with E-state index in [1.165, 1.54) is 12.0 Å². The standard InChI is InChI=1S/C21H26N2O3/c1-2-14-13-23-8-6-15(14)11-20(23)21(25)17-5-7-22-19-4-3-16(12-18(17)19)26-10-9-24/h2-5,7,12,15,20-21,24-25H,6,8-11,13H2,1H3/b14-2-/t15-,20?,21?/m1/s1. The molecule has 2 bridgehead atoms. The van der Waals surface area contributed by atoms with Crippen LogP contribution in [0.2, 0.25) is 0 Å². The Morgan fingerprint density at radius 2 is 2.27 bits per heavy atom. The van der Waals surface area contributed by atoms with Gasteiger partial charge in [0.1, 0.15) is 12.4 Å². The fraction of sp³-hybridized carbons (Fsp3) is 0.476. The maximum atomic E-state index is 11.2. The first-order valence-corrected chi connectivity index (χ1v) is 9.40. The average molecular weight is 354 g/mol. The number of nitrogens with zero attached hydrogens (tertiary/aromatic N) is 2. The van der Waals surface area contributed by atoms with Crippen molar-refractivity contribution in [1.29, 1.82) is 0 Å². The molecule has 5 rings (SSSR count). The molecule has 0 aliphatic carbocycles. The van der Waals surface area contributed by atoms with Crippen molar-refractivity contribution in [3.63, 3.8) is 0 Å². The number of aliphatic hydroxyl groups excluding tert-OH is 2. The molecule has 2 N–H and O–H groups in total. The van der Waals surface area contributed by atoms with Gasteiger partial charge in [0.25, 0.3) is 0 Å². The van der Waals surface area contributed by atoms with Crippen molar-refractivity contribution < 1.29 is 14.9 Å². The summed E-state index contributed by atoms with van der Waals surface area (Å²) >= 11 is 0. The SMILES string of the molecule is C/C=C1/CN2CC[C@@H]1CC2C(O)c1ccnc2ccc(OCCO)cc12. The van der Waals surface area contributed by atoms with Crippen molar-refractivity contribution in [2.45, 2.75) is 31.9 Å². The number of hydrogen-bond donors (Lipinski definition) is 2. The van der Waals surface area contributed by atoms with Crippen LogP contribution in [0.5, 0.6) is 5.75 Å². The van der Waals surface area contributed by atoms with E-state index in [4.69, 9.17) is 9.84 Å². The van der Waals surface area contributed by atoms with Crippen LogP contribution in [0.15, 0.2) is 42.1 Å². The second-order valence-corrected chi connectivity index (χ2v) is 7.22. The zero-order chi connectivity index (χ0) is 18.1. The summed E-state index contributed by atoms with van der Waals surface area (Å²) in [4.78, 5) is 6.84. The molecule has 26 heavy (non-hydrogen) atoms. The largest absolute Gasteiger partial charge is 0.491 e. The van der Waals surface area contributed by atoms with Gasteiger partial charge in [-0.15, -0.1) is 0 Å². The molecule has 1 aromatic heterocycles. The second kappa shape index (κ2) is 7.35. The molecule has 0 amide bonds. The minimum absolute atomic E-state index is 0.0216. The summed E-state index contributed by atoms with van der Waals surface area (Å²) in [7, 11) is 0. The lowest BCUT2D eigenvalue weighted by Gasteiger charge is -2.48. The Morgan fingerprint density at radius 3 is 3.00 bits per heavy atom. The Hall–Kier alpha value is -1.95. The second-order valence-electron chi connectivity index (χ2n) is 7.22. The molecule has 5 nitrogen and oxygen atoms in total. The summed E-state index contributed by atoms with van der Waals surface area (Å²) in [6.45, 7) is 4.38. The first-order chi connectivity index (χ1) is 12.7. The quantitative estimate of drug-likeness (QED) is 0.808. The van der Waals surface area contributed by atoms with Crippen LogP contribution in [0.4, 0.5) is 0 Å². The van der Waals surface area contributed by atoms with E-state index in [0.717, 1.165) is 36.0 Å². The first-order valence-electron chi connectivity index (χ1n) is 9.40. The molecular formula is C21H26N2O3. The third-order valence-electron chi connectivity index (χ3n) is 5.83. The van der Waals surface area contributed by atoms with Gasteiger partial charge in [-0.2, -0.15) is 0 Å². The van der Waals surface area contributed by atoms with E-state index in [9.17, 15) is 5.11 Å². The monoisotopic (exact) mass is 354 g/mol. The van der Waals surface area contributed by atoms with Gasteiger partial charge in [-0.05, 0) is 62.1 Å². The van der Waals surface area contributed by atoms with Gasteiger partial charge in [0, 0.05) is 24.2 Å². The number of allylic oxidation sites excluding steroid dienone is 1. The van der Waals surface area contributed by atoms with Crippen LogP contribution < -0.4 is 4.74 Å². The van der Waals surface area contributed by atoms with Crippen LogP contribution in [-0.4, -0.2) is 52.4 Å². The Morgan fingerprint density at radius 1 is 1.38 bits per heavy atom. The van der Waals surface area contributed by atoms with Gasteiger partial charge in [0.05, 0.1) is 18.2 Å². The number of ether oxygens (including phenoxy) is 1. The summed E-state index contributed by atoms with van der Waals surface area (Å²) in [5, 5.41) is 21.1. The first kappa shape index (κ1) is 17.5. The van der Waals surface area contributed by atoms with Gasteiger partial charge in [0.15, 0.2) is 0 Å². The molecule has 3 fully saturated rings. The molecular weight excluding hydrogens is 328 g/mol. The summed E-state index contributed by atoms with van der Waals surface area (Å²) in [5.41, 5.74) is 3.27. The molecule has 2 aromatic rings. The van der Waals surface area contributed by atoms with Crippen LogP contribution in [0.1, 0.15) is 31.4 Å². The molecule has 3 unspecified atom stereocenters. The minimum atomic E-state index is -0.546. The van der Waals surface area contributed by atoms with E-state index in [-0.39, 0.29) is 19.3 Å². The highest BCUT2D eigenvalue weighted by Crippen LogP contribution is 2.41. The molecule has 3 saturated heterocycles. The third kappa shape index (κ3) is 3.11. The van der Waals surface area contributed by atoms with Crippen molar-refractivity contribution in [2.24, 2.45) is 5.92 Å². The van der Waals surface area contributed by atoms with E-state index in [2.05, 4.69) is 22.9 Å². The van der Waals surface area contributed by atoms with Crippen LogP contribution in [0.25, 0.3) is 10.9 Å². The van der Waals surface area contributed by atoms with Gasteiger partial charge >= 0.3 is 0 Å². The van der Waals surface area contributed by atoms with E-state index in [1.807, 2.05) is 24.3 Å². The smallest absolute Gasteiger partial charge is 0.120 e. The third-order valence-corrected chi connectivity index (χ3v) is 5.83. The van der Waals surface area contributed by atoms with Gasteiger partial charge in [-0.1, -0.05) is 11.6 Å². The fourth-order valence-electron chi connectivity index (χ4n) is 4.46. The number of fused-ring (bicyclic) bond motifs is 4. The highest BCUT2D eigenvalue weighted by molar-refractivity contribution is 5.84. The van der Waals surface area contributed by atoms with Crippen molar-refractivity contribution in [3.8, 4) is 5.75 Å². The highest BCUT2D eigenvalue weighted by atomic mass is 16.5. The number of aliphatic hydroxyl groups is 2. The van der Waals surface area contributed by atoms with Gasteiger partial charge in [-0.25, -0.2) is 0 Å². The van der Waals surface area contributed by atoms with E-state index >= 15 is 0 Å². The van der Waals surface area contributed by atoms with Crippen LogP contribution in [0.3, 0.4) is 0 Å². The minimum Gasteiger partial charge on any atom is -0.491 e. The molecule has 1 aromatic carbocycles. The number of aromatic nitrogens is 1. The number of benzene rings is 1. The van der Waals surface area contributed by atoms with Crippen LogP contribution in [0, 0.1) is 5.92 Å². The van der Waals surface area contributed by atoms with Gasteiger partial charge in [-0.3, -0.25) is 9.88 Å². The predicted octanol–water partition coefficient (Wildman–Crippen LogP) is 2.68. The normalized spacial score (nSPS) is 27.8. The Bertz CT molecular complexity index is 820. The molecule has 0 saturated carbocycles. The van der Waals surface area contributed by atoms with Crippen LogP contribution in [-0.2, 0) is 0 Å². The lowest BCUT2D eigenvalue weighted by molar-refractivity contribution is -0.00340. The predicted molar refractivity (Wildman–Crippen MR) is 101 cm³/mol. The molecule has 4 atom stereocenters.